The highest BCUT2D eigenvalue weighted by Gasteiger charge is 2.07. The van der Waals surface area contributed by atoms with Gasteiger partial charge in [-0.05, 0) is 30.5 Å². The zero-order valence-electron chi connectivity index (χ0n) is 16.2. The normalized spacial score (nSPS) is 11.1. The molecule has 0 saturated carbocycles. The number of methoxy groups -OCH3 is 1. The highest BCUT2D eigenvalue weighted by molar-refractivity contribution is 6.01. The van der Waals surface area contributed by atoms with Gasteiger partial charge in [-0.15, -0.1) is 0 Å². The molecular weight excluding hydrogens is 338 g/mol. The van der Waals surface area contributed by atoms with Crippen molar-refractivity contribution in [2.45, 2.75) is 39.0 Å². The highest BCUT2D eigenvalue weighted by atomic mass is 16.5. The molecule has 2 rings (SSSR count). The van der Waals surface area contributed by atoms with Crippen LogP contribution >= 0.6 is 0 Å². The van der Waals surface area contributed by atoms with Crippen LogP contribution in [0.4, 0.5) is 5.69 Å². The molecular formula is C22H29N3O2. The van der Waals surface area contributed by atoms with E-state index in [1.54, 1.807) is 7.11 Å². The quantitative estimate of drug-likeness (QED) is 0.347. The Kier molecular flexibility index (Phi) is 8.90. The number of rotatable bonds is 11. The number of hydrogen-bond acceptors (Lipinski definition) is 4. The number of para-hydroxylation sites is 2. The molecule has 2 aromatic rings. The number of anilines is 1. The van der Waals surface area contributed by atoms with E-state index >= 15 is 0 Å². The Bertz CT molecular complexity index is 729. The summed E-state index contributed by atoms with van der Waals surface area (Å²) >= 11 is 0. The van der Waals surface area contributed by atoms with Gasteiger partial charge in [0.05, 0.1) is 25.1 Å². The van der Waals surface area contributed by atoms with Crippen LogP contribution < -0.4 is 15.5 Å². The van der Waals surface area contributed by atoms with Crippen molar-refractivity contribution in [3.8, 4) is 5.75 Å². The van der Waals surface area contributed by atoms with Gasteiger partial charge in [0, 0.05) is 0 Å². The summed E-state index contributed by atoms with van der Waals surface area (Å²) < 4.78 is 5.28. The van der Waals surface area contributed by atoms with E-state index in [4.69, 9.17) is 4.74 Å². The summed E-state index contributed by atoms with van der Waals surface area (Å²) in [6.07, 6.45) is 5.51. The van der Waals surface area contributed by atoms with Crippen molar-refractivity contribution >= 4 is 17.3 Å². The third kappa shape index (κ3) is 7.13. The van der Waals surface area contributed by atoms with Crippen LogP contribution in [0.2, 0.25) is 0 Å². The van der Waals surface area contributed by atoms with Crippen LogP contribution in [0.1, 0.15) is 44.6 Å². The highest BCUT2D eigenvalue weighted by Crippen LogP contribution is 2.22. The van der Waals surface area contributed by atoms with Gasteiger partial charge in [-0.2, -0.15) is 5.10 Å². The number of hydrazone groups is 1. The molecule has 0 saturated heterocycles. The molecule has 2 aromatic carbocycles. The average molecular weight is 367 g/mol. The second kappa shape index (κ2) is 11.7. The van der Waals surface area contributed by atoms with Gasteiger partial charge in [-0.3, -0.25) is 4.79 Å². The van der Waals surface area contributed by atoms with Crippen LogP contribution in [0.3, 0.4) is 0 Å². The first-order valence-electron chi connectivity index (χ1n) is 9.52. The number of nitrogens with one attached hydrogen (secondary N) is 2. The van der Waals surface area contributed by atoms with E-state index in [0.29, 0.717) is 5.75 Å². The van der Waals surface area contributed by atoms with Gasteiger partial charge in [0.1, 0.15) is 5.75 Å². The van der Waals surface area contributed by atoms with Crippen molar-refractivity contribution in [3.05, 3.63) is 60.2 Å². The number of hydrogen-bond donors (Lipinski definition) is 2. The monoisotopic (exact) mass is 367 g/mol. The number of amides is 1. The fourth-order valence-electron chi connectivity index (χ4n) is 2.75. The maximum Gasteiger partial charge on any atom is 0.259 e. The predicted molar refractivity (Wildman–Crippen MR) is 111 cm³/mol. The number of carbonyl (C=O) groups excluding carboxylic acids is 1. The summed E-state index contributed by atoms with van der Waals surface area (Å²) in [6.45, 7) is 2.32. The van der Waals surface area contributed by atoms with E-state index in [1.807, 2.05) is 54.6 Å². The van der Waals surface area contributed by atoms with Crippen molar-refractivity contribution < 1.29 is 9.53 Å². The Morgan fingerprint density at radius 1 is 1.00 bits per heavy atom. The molecule has 0 aliphatic heterocycles. The van der Waals surface area contributed by atoms with Crippen LogP contribution in [0.15, 0.2) is 59.7 Å². The van der Waals surface area contributed by atoms with Crippen molar-refractivity contribution in [2.75, 3.05) is 19.0 Å². The number of nitrogens with zero attached hydrogens (tertiary/aromatic N) is 1. The second-order valence-corrected chi connectivity index (χ2v) is 6.32. The van der Waals surface area contributed by atoms with Crippen LogP contribution in [0.5, 0.6) is 5.75 Å². The third-order valence-electron chi connectivity index (χ3n) is 4.24. The molecule has 5 nitrogen and oxygen atoms in total. The van der Waals surface area contributed by atoms with Crippen LogP contribution in [0, 0.1) is 0 Å². The molecule has 27 heavy (non-hydrogen) atoms. The predicted octanol–water partition coefficient (Wildman–Crippen LogP) is 4.60. The van der Waals surface area contributed by atoms with E-state index < -0.39 is 0 Å². The fraction of sp³-hybridized carbons (Fsp3) is 0.364. The molecule has 5 heteroatoms. The number of carbonyl (C=O) groups is 1. The number of benzene rings is 2. The summed E-state index contributed by atoms with van der Waals surface area (Å²) in [5, 5.41) is 7.47. The number of unbranched alkanes of at least 4 members (excludes halogenated alkanes) is 3. The molecule has 0 spiro atoms. The summed E-state index contributed by atoms with van der Waals surface area (Å²) in [4.78, 5) is 12.2. The summed E-state index contributed by atoms with van der Waals surface area (Å²) in [5.41, 5.74) is 5.42. The molecule has 2 N–H and O–H groups in total. The van der Waals surface area contributed by atoms with Crippen LogP contribution in [0.25, 0.3) is 0 Å². The van der Waals surface area contributed by atoms with Gasteiger partial charge in [0.2, 0.25) is 0 Å². The lowest BCUT2D eigenvalue weighted by Gasteiger charge is -2.11. The first-order valence-corrected chi connectivity index (χ1v) is 9.52. The zero-order valence-corrected chi connectivity index (χ0v) is 16.2. The van der Waals surface area contributed by atoms with Crippen LogP contribution in [-0.4, -0.2) is 25.3 Å². The van der Waals surface area contributed by atoms with E-state index in [-0.39, 0.29) is 12.5 Å². The third-order valence-corrected chi connectivity index (χ3v) is 4.24. The molecule has 0 aromatic heterocycles. The first kappa shape index (κ1) is 20.5. The van der Waals surface area contributed by atoms with Crippen molar-refractivity contribution in [3.63, 3.8) is 0 Å². The first-order chi connectivity index (χ1) is 13.2. The minimum absolute atomic E-state index is 0.127. The Labute approximate surface area is 161 Å². The van der Waals surface area contributed by atoms with Gasteiger partial charge in [0.15, 0.2) is 0 Å². The summed E-state index contributed by atoms with van der Waals surface area (Å²) in [6, 6.07) is 17.5. The van der Waals surface area contributed by atoms with Gasteiger partial charge in [0.25, 0.3) is 5.91 Å². The van der Waals surface area contributed by atoms with Crippen molar-refractivity contribution in [1.29, 1.82) is 0 Å². The summed E-state index contributed by atoms with van der Waals surface area (Å²) in [5.74, 6) is 0.512. The Morgan fingerprint density at radius 2 is 1.74 bits per heavy atom. The van der Waals surface area contributed by atoms with Gasteiger partial charge >= 0.3 is 0 Å². The lowest BCUT2D eigenvalue weighted by molar-refractivity contribution is -0.119. The lowest BCUT2D eigenvalue weighted by atomic mass is 10.0. The molecule has 0 aliphatic rings. The van der Waals surface area contributed by atoms with Crippen molar-refractivity contribution in [1.82, 2.24) is 5.43 Å². The minimum Gasteiger partial charge on any atom is -0.495 e. The van der Waals surface area contributed by atoms with Gasteiger partial charge < -0.3 is 10.1 Å². The topological polar surface area (TPSA) is 62.7 Å². The zero-order chi connectivity index (χ0) is 19.3. The van der Waals surface area contributed by atoms with Gasteiger partial charge in [-0.1, -0.05) is 68.7 Å². The summed E-state index contributed by atoms with van der Waals surface area (Å²) in [7, 11) is 1.61. The molecule has 1 amide bonds. The molecule has 0 bridgehead atoms. The van der Waals surface area contributed by atoms with Gasteiger partial charge in [-0.25, -0.2) is 5.43 Å². The molecule has 0 fully saturated rings. The maximum atomic E-state index is 12.2. The SMILES string of the molecule is CCCCCC/C(=N/NC(=O)CNc1ccccc1OC)c1ccccc1. The lowest BCUT2D eigenvalue weighted by Crippen LogP contribution is -2.27. The van der Waals surface area contributed by atoms with Crippen molar-refractivity contribution in [2.24, 2.45) is 5.10 Å². The molecule has 144 valence electrons. The Balaban J connectivity index is 1.94. The molecule has 0 aliphatic carbocycles. The van der Waals surface area contributed by atoms with E-state index in [9.17, 15) is 4.79 Å². The van der Waals surface area contributed by atoms with E-state index in [1.165, 1.54) is 19.3 Å². The minimum atomic E-state index is -0.192. The Morgan fingerprint density at radius 3 is 2.48 bits per heavy atom. The fourth-order valence-corrected chi connectivity index (χ4v) is 2.75. The largest absolute Gasteiger partial charge is 0.495 e. The molecule has 0 heterocycles. The maximum absolute atomic E-state index is 12.2. The standard InChI is InChI=1S/C22H29N3O2/c1-3-4-5-9-14-19(18-12-7-6-8-13-18)24-25-22(26)17-23-20-15-10-11-16-21(20)27-2/h6-8,10-13,15-16,23H,3-5,9,14,17H2,1-2H3,(H,25,26)/b24-19-. The molecule has 0 unspecified atom stereocenters. The Hall–Kier alpha value is -2.82. The smallest absolute Gasteiger partial charge is 0.259 e. The molecule has 0 radical (unpaired) electrons. The van der Waals surface area contributed by atoms with Crippen LogP contribution in [-0.2, 0) is 4.79 Å². The number of ether oxygens (including phenoxy) is 1. The van der Waals surface area contributed by atoms with E-state index in [0.717, 1.165) is 29.8 Å². The van der Waals surface area contributed by atoms with E-state index in [2.05, 4.69) is 22.8 Å². The molecule has 0 atom stereocenters. The second-order valence-electron chi connectivity index (χ2n) is 6.32. The average Bonchev–Trinajstić information content (AvgIpc) is 2.72.